The zero-order chi connectivity index (χ0) is 14.8. The first-order valence-electron chi connectivity index (χ1n) is 5.23. The van der Waals surface area contributed by atoms with Crippen molar-refractivity contribution < 1.29 is 32.7 Å². The average molecular weight is 294 g/mol. The van der Waals surface area contributed by atoms with Crippen molar-refractivity contribution in [3.05, 3.63) is 29.8 Å². The molecule has 2 N–H and O–H groups in total. The van der Waals surface area contributed by atoms with E-state index in [2.05, 4.69) is 0 Å². The maximum absolute atomic E-state index is 13.4. The van der Waals surface area contributed by atoms with Crippen LogP contribution in [0.15, 0.2) is 18.2 Å². The molecule has 0 heterocycles. The minimum Gasteiger partial charge on any atom is -0.477 e. The van der Waals surface area contributed by atoms with E-state index in [1.54, 1.807) is 0 Å². The van der Waals surface area contributed by atoms with Gasteiger partial charge in [0.25, 0.3) is 0 Å². The highest BCUT2D eigenvalue weighted by molar-refractivity contribution is 7.52. The minimum atomic E-state index is -4.53. The second-order valence-corrected chi connectivity index (χ2v) is 6.08. The van der Waals surface area contributed by atoms with Crippen LogP contribution in [-0.4, -0.2) is 27.3 Å². The van der Waals surface area contributed by atoms with E-state index < -0.39 is 36.8 Å². The monoisotopic (exact) mass is 294 g/mol. The Balaban J connectivity index is 2.90. The molecular weight excluding hydrogens is 281 g/mol. The lowest BCUT2D eigenvalue weighted by Crippen LogP contribution is -2.40. The van der Waals surface area contributed by atoms with Gasteiger partial charge in [-0.2, -0.15) is 0 Å². The molecule has 0 amide bonds. The van der Waals surface area contributed by atoms with Crippen LogP contribution in [0.2, 0.25) is 0 Å². The van der Waals surface area contributed by atoms with E-state index in [9.17, 15) is 18.1 Å². The normalized spacial score (nSPS) is 12.3. The van der Waals surface area contributed by atoms with Crippen LogP contribution in [0.5, 0.6) is 5.75 Å². The summed E-state index contributed by atoms with van der Waals surface area (Å²) >= 11 is 0. The van der Waals surface area contributed by atoms with E-state index in [0.717, 1.165) is 12.1 Å². The van der Waals surface area contributed by atoms with Crippen molar-refractivity contribution in [1.29, 1.82) is 0 Å². The first-order chi connectivity index (χ1) is 8.51. The fourth-order valence-corrected chi connectivity index (χ4v) is 2.02. The van der Waals surface area contributed by atoms with Crippen molar-refractivity contribution >= 4 is 13.4 Å². The molecule has 0 unspecified atom stereocenters. The molecule has 0 saturated carbocycles. The van der Waals surface area contributed by atoms with Crippen LogP contribution in [0.4, 0.5) is 8.78 Å². The first-order valence-corrected chi connectivity index (χ1v) is 7.03. The molecular formula is C11H13F2O5P. The quantitative estimate of drug-likeness (QED) is 0.810. The number of carbonyl (C=O) groups excluding carboxylic acids is 1. The molecule has 0 bridgehead atoms. The lowest BCUT2D eigenvalue weighted by molar-refractivity contribution is -0.129. The summed E-state index contributed by atoms with van der Waals surface area (Å²) in [5.41, 5.74) is -1.64. The maximum Gasteiger partial charge on any atom is 0.333 e. The molecule has 19 heavy (non-hydrogen) atoms. The number of hydrogen-bond acceptors (Lipinski definition) is 3. The molecule has 0 saturated heterocycles. The fourth-order valence-electron chi connectivity index (χ4n) is 1.27. The molecule has 0 aliphatic rings. The molecule has 1 aromatic carbocycles. The van der Waals surface area contributed by atoms with Crippen molar-refractivity contribution in [2.24, 2.45) is 0 Å². The van der Waals surface area contributed by atoms with Crippen LogP contribution in [-0.2, 0) is 9.36 Å². The van der Waals surface area contributed by atoms with E-state index >= 15 is 0 Å². The van der Waals surface area contributed by atoms with Gasteiger partial charge in [0.15, 0.2) is 23.0 Å². The van der Waals surface area contributed by atoms with Crippen LogP contribution in [0.25, 0.3) is 0 Å². The number of Topliss-reactive ketones (excluding diaryl/α,β-unsaturated/α-hetero) is 1. The predicted molar refractivity (Wildman–Crippen MR) is 63.0 cm³/mol. The van der Waals surface area contributed by atoms with Gasteiger partial charge < -0.3 is 14.5 Å². The molecule has 0 spiro atoms. The molecule has 0 aliphatic carbocycles. The molecule has 106 valence electrons. The molecule has 0 atom stereocenters. The molecule has 0 fully saturated rings. The van der Waals surface area contributed by atoms with Crippen LogP contribution in [0, 0.1) is 11.6 Å². The number of ketones is 1. The molecule has 8 heteroatoms. The Morgan fingerprint density at radius 1 is 1.37 bits per heavy atom. The van der Waals surface area contributed by atoms with Crippen molar-refractivity contribution in [3.63, 3.8) is 0 Å². The van der Waals surface area contributed by atoms with Gasteiger partial charge in [-0.05, 0) is 26.0 Å². The van der Waals surface area contributed by atoms with Crippen LogP contribution in [0.1, 0.15) is 13.8 Å². The van der Waals surface area contributed by atoms with Gasteiger partial charge in [0, 0.05) is 6.07 Å². The number of halogens is 2. The lowest BCUT2D eigenvalue weighted by atomic mass is 10.1. The van der Waals surface area contributed by atoms with Gasteiger partial charge in [-0.3, -0.25) is 9.36 Å². The number of hydrogen-bond donors (Lipinski definition) is 2. The zero-order valence-corrected chi connectivity index (χ0v) is 11.2. The largest absolute Gasteiger partial charge is 0.477 e. The lowest BCUT2D eigenvalue weighted by Gasteiger charge is -2.25. The number of ether oxygens (including phenoxy) is 1. The Kier molecular flexibility index (Phi) is 4.45. The highest BCUT2D eigenvalue weighted by Crippen LogP contribution is 2.36. The summed E-state index contributed by atoms with van der Waals surface area (Å²) in [5, 5.41) is 0. The Hall–Kier alpha value is -1.30. The van der Waals surface area contributed by atoms with Gasteiger partial charge >= 0.3 is 7.60 Å². The second kappa shape index (κ2) is 5.36. The smallest absolute Gasteiger partial charge is 0.333 e. The third kappa shape index (κ3) is 4.70. The summed E-state index contributed by atoms with van der Waals surface area (Å²) < 4.78 is 41.9. The van der Waals surface area contributed by atoms with Crippen LogP contribution in [0.3, 0.4) is 0 Å². The van der Waals surface area contributed by atoms with Crippen LogP contribution < -0.4 is 4.74 Å². The highest BCUT2D eigenvalue weighted by atomic mass is 31.2. The summed E-state index contributed by atoms with van der Waals surface area (Å²) in [6.45, 7) is 2.49. The Morgan fingerprint density at radius 3 is 2.42 bits per heavy atom. The SMILES string of the molecule is CC(C)(Oc1ccc(F)cc1F)C(=O)CP(=O)(O)O. The summed E-state index contributed by atoms with van der Waals surface area (Å²) in [7, 11) is -4.53. The van der Waals surface area contributed by atoms with Gasteiger partial charge in [-0.25, -0.2) is 8.78 Å². The van der Waals surface area contributed by atoms with Crippen molar-refractivity contribution in [1.82, 2.24) is 0 Å². The average Bonchev–Trinajstić information content (AvgIpc) is 2.19. The molecule has 0 aliphatic heterocycles. The second-order valence-electron chi connectivity index (χ2n) is 4.43. The predicted octanol–water partition coefficient (Wildman–Crippen LogP) is 1.87. The summed E-state index contributed by atoms with van der Waals surface area (Å²) in [5.74, 6) is -3.06. The van der Waals surface area contributed by atoms with E-state index in [4.69, 9.17) is 14.5 Å². The molecule has 0 radical (unpaired) electrons. The Morgan fingerprint density at radius 2 is 1.95 bits per heavy atom. The highest BCUT2D eigenvalue weighted by Gasteiger charge is 2.35. The maximum atomic E-state index is 13.4. The summed E-state index contributed by atoms with van der Waals surface area (Å²) in [6, 6.07) is 2.53. The van der Waals surface area contributed by atoms with Crippen LogP contribution >= 0.6 is 7.60 Å². The first kappa shape index (κ1) is 15.8. The van der Waals surface area contributed by atoms with Gasteiger partial charge in [-0.1, -0.05) is 0 Å². The molecule has 0 aromatic heterocycles. The van der Waals surface area contributed by atoms with Crippen molar-refractivity contribution in [3.8, 4) is 5.75 Å². The minimum absolute atomic E-state index is 0.370. The molecule has 1 rings (SSSR count). The van der Waals surface area contributed by atoms with E-state index in [0.29, 0.717) is 6.07 Å². The van der Waals surface area contributed by atoms with E-state index in [-0.39, 0.29) is 5.75 Å². The van der Waals surface area contributed by atoms with Gasteiger partial charge in [0.1, 0.15) is 12.0 Å². The summed E-state index contributed by atoms with van der Waals surface area (Å²) in [4.78, 5) is 29.1. The fraction of sp³-hybridized carbons (Fsp3) is 0.364. The number of carbonyl (C=O) groups is 1. The van der Waals surface area contributed by atoms with E-state index in [1.165, 1.54) is 13.8 Å². The summed E-state index contributed by atoms with van der Waals surface area (Å²) in [6.07, 6.45) is -1.01. The number of rotatable bonds is 5. The van der Waals surface area contributed by atoms with E-state index in [1.807, 2.05) is 0 Å². The van der Waals surface area contributed by atoms with Gasteiger partial charge in [0.05, 0.1) is 0 Å². The number of benzene rings is 1. The van der Waals surface area contributed by atoms with Crippen molar-refractivity contribution in [2.75, 3.05) is 6.16 Å². The zero-order valence-electron chi connectivity index (χ0n) is 10.3. The standard InChI is InChI=1S/C11H13F2O5P/c1-11(2,10(14)6-19(15,16)17)18-9-4-3-7(12)5-8(9)13/h3-5H,6H2,1-2H3,(H2,15,16,17). The Labute approximate surface area is 108 Å². The van der Waals surface area contributed by atoms with Gasteiger partial charge in [0.2, 0.25) is 0 Å². The van der Waals surface area contributed by atoms with Crippen molar-refractivity contribution in [2.45, 2.75) is 19.4 Å². The third-order valence-corrected chi connectivity index (χ3v) is 2.98. The third-order valence-electron chi connectivity index (χ3n) is 2.28. The topological polar surface area (TPSA) is 83.8 Å². The molecule has 5 nitrogen and oxygen atoms in total. The Bertz CT molecular complexity index is 538. The van der Waals surface area contributed by atoms with Gasteiger partial charge in [-0.15, -0.1) is 0 Å². The molecule has 1 aromatic rings.